The summed E-state index contributed by atoms with van der Waals surface area (Å²) in [6.07, 6.45) is 1.52. The van der Waals surface area contributed by atoms with Crippen molar-refractivity contribution in [3.05, 3.63) is 59.4 Å². The number of nitrogens with zero attached hydrogens (tertiary/aromatic N) is 1. The van der Waals surface area contributed by atoms with Gasteiger partial charge in [0.2, 0.25) is 0 Å². The number of halogens is 1. The molecule has 2 N–H and O–H groups in total. The van der Waals surface area contributed by atoms with Crippen LogP contribution in [0.2, 0.25) is 0 Å². The second kappa shape index (κ2) is 7.22. The molecule has 24 heavy (non-hydrogen) atoms. The van der Waals surface area contributed by atoms with Gasteiger partial charge in [0.1, 0.15) is 5.82 Å². The van der Waals surface area contributed by atoms with Crippen molar-refractivity contribution < 1.29 is 9.50 Å². The quantitative estimate of drug-likeness (QED) is 0.880. The third-order valence-corrected chi connectivity index (χ3v) is 4.76. The summed E-state index contributed by atoms with van der Waals surface area (Å²) >= 11 is 0. The number of hydrogen-bond donors (Lipinski definition) is 2. The van der Waals surface area contributed by atoms with Gasteiger partial charge in [-0.15, -0.1) is 0 Å². The molecular formula is C20H25FN2O. The van der Waals surface area contributed by atoms with Gasteiger partial charge in [-0.25, -0.2) is 4.39 Å². The van der Waals surface area contributed by atoms with Crippen LogP contribution in [-0.4, -0.2) is 24.3 Å². The van der Waals surface area contributed by atoms with Crippen LogP contribution in [0, 0.1) is 12.7 Å². The number of benzene rings is 2. The Labute approximate surface area is 143 Å². The standard InChI is InChI=1S/C20H25FN2O/c1-14-13-17(5-8-20(14)21)22-15(2)16-3-6-18(7-4-16)23-11-9-19(24)10-12-23/h3-8,13,15,19,22,24H,9-12H2,1-2H3. The first-order valence-corrected chi connectivity index (χ1v) is 8.58. The van der Waals surface area contributed by atoms with E-state index >= 15 is 0 Å². The maximum Gasteiger partial charge on any atom is 0.126 e. The fourth-order valence-corrected chi connectivity index (χ4v) is 3.17. The van der Waals surface area contributed by atoms with E-state index in [0.29, 0.717) is 5.56 Å². The van der Waals surface area contributed by atoms with E-state index in [4.69, 9.17) is 0 Å². The Bertz CT molecular complexity index is 679. The van der Waals surface area contributed by atoms with E-state index in [1.807, 2.05) is 6.07 Å². The van der Waals surface area contributed by atoms with E-state index in [-0.39, 0.29) is 18.0 Å². The normalized spacial score (nSPS) is 16.9. The first-order chi connectivity index (χ1) is 11.5. The van der Waals surface area contributed by atoms with Crippen molar-refractivity contribution in [1.82, 2.24) is 0 Å². The van der Waals surface area contributed by atoms with Crippen LogP contribution >= 0.6 is 0 Å². The van der Waals surface area contributed by atoms with Gasteiger partial charge >= 0.3 is 0 Å². The number of piperidine rings is 1. The smallest absolute Gasteiger partial charge is 0.126 e. The molecule has 0 amide bonds. The van der Waals surface area contributed by atoms with E-state index in [1.165, 1.54) is 17.3 Å². The van der Waals surface area contributed by atoms with Crippen LogP contribution in [0.3, 0.4) is 0 Å². The summed E-state index contributed by atoms with van der Waals surface area (Å²) in [5.74, 6) is -0.177. The minimum Gasteiger partial charge on any atom is -0.393 e. The van der Waals surface area contributed by atoms with Crippen molar-refractivity contribution >= 4 is 11.4 Å². The highest BCUT2D eigenvalue weighted by molar-refractivity contribution is 5.51. The number of hydrogen-bond acceptors (Lipinski definition) is 3. The Hall–Kier alpha value is -2.07. The van der Waals surface area contributed by atoms with Crippen molar-refractivity contribution in [2.24, 2.45) is 0 Å². The van der Waals surface area contributed by atoms with Crippen molar-refractivity contribution in [2.45, 2.75) is 38.8 Å². The number of rotatable bonds is 4. The first kappa shape index (κ1) is 16.8. The lowest BCUT2D eigenvalue weighted by atomic mass is 10.0. The number of nitrogens with one attached hydrogen (secondary N) is 1. The van der Waals surface area contributed by atoms with Crippen LogP contribution in [0.25, 0.3) is 0 Å². The molecule has 1 aliphatic rings. The molecule has 4 heteroatoms. The molecule has 3 rings (SSSR count). The average Bonchev–Trinajstić information content (AvgIpc) is 2.59. The van der Waals surface area contributed by atoms with Crippen molar-refractivity contribution in [3.8, 4) is 0 Å². The van der Waals surface area contributed by atoms with Crippen molar-refractivity contribution in [3.63, 3.8) is 0 Å². The lowest BCUT2D eigenvalue weighted by molar-refractivity contribution is 0.145. The van der Waals surface area contributed by atoms with Crippen LogP contribution in [0.15, 0.2) is 42.5 Å². The third-order valence-electron chi connectivity index (χ3n) is 4.76. The zero-order valence-corrected chi connectivity index (χ0v) is 14.3. The number of aliphatic hydroxyl groups is 1. The van der Waals surface area contributed by atoms with Gasteiger partial charge in [0.05, 0.1) is 6.10 Å². The summed E-state index contributed by atoms with van der Waals surface area (Å²) in [4.78, 5) is 2.32. The molecule has 1 saturated heterocycles. The SMILES string of the molecule is Cc1cc(NC(C)c2ccc(N3CCC(O)CC3)cc2)ccc1F. The highest BCUT2D eigenvalue weighted by atomic mass is 19.1. The van der Waals surface area contributed by atoms with Gasteiger partial charge in [0.25, 0.3) is 0 Å². The summed E-state index contributed by atoms with van der Waals surface area (Å²) in [5, 5.41) is 13.0. The molecule has 2 aromatic carbocycles. The molecule has 0 spiro atoms. The van der Waals surface area contributed by atoms with E-state index in [9.17, 15) is 9.50 Å². The second-order valence-electron chi connectivity index (χ2n) is 6.64. The molecule has 3 nitrogen and oxygen atoms in total. The Morgan fingerprint density at radius 1 is 1.12 bits per heavy atom. The van der Waals surface area contributed by atoms with Gasteiger partial charge < -0.3 is 15.3 Å². The van der Waals surface area contributed by atoms with Crippen LogP contribution in [0.5, 0.6) is 0 Å². The largest absolute Gasteiger partial charge is 0.393 e. The first-order valence-electron chi connectivity index (χ1n) is 8.58. The highest BCUT2D eigenvalue weighted by Crippen LogP contribution is 2.25. The predicted molar refractivity (Wildman–Crippen MR) is 97.1 cm³/mol. The molecule has 2 aromatic rings. The Balaban J connectivity index is 1.65. The van der Waals surface area contributed by atoms with Crippen molar-refractivity contribution in [1.29, 1.82) is 0 Å². The molecule has 1 fully saturated rings. The summed E-state index contributed by atoms with van der Waals surface area (Å²) in [6.45, 7) is 5.69. The van der Waals surface area contributed by atoms with Crippen LogP contribution < -0.4 is 10.2 Å². The number of anilines is 2. The molecule has 1 heterocycles. The van der Waals surface area contributed by atoms with E-state index in [0.717, 1.165) is 31.6 Å². The van der Waals surface area contributed by atoms with E-state index in [1.54, 1.807) is 13.0 Å². The zero-order valence-electron chi connectivity index (χ0n) is 14.3. The molecule has 1 atom stereocenters. The Morgan fingerprint density at radius 3 is 2.42 bits per heavy atom. The molecule has 1 aliphatic heterocycles. The molecule has 0 radical (unpaired) electrons. The van der Waals surface area contributed by atoms with Crippen molar-refractivity contribution in [2.75, 3.05) is 23.3 Å². The average molecular weight is 328 g/mol. The van der Waals surface area contributed by atoms with E-state index in [2.05, 4.69) is 41.4 Å². The highest BCUT2D eigenvalue weighted by Gasteiger charge is 2.17. The Kier molecular flexibility index (Phi) is 5.05. The lowest BCUT2D eigenvalue weighted by Gasteiger charge is -2.31. The molecule has 0 bridgehead atoms. The van der Waals surface area contributed by atoms with Gasteiger partial charge in [-0.3, -0.25) is 0 Å². The van der Waals surface area contributed by atoms with Crippen LogP contribution in [0.1, 0.15) is 36.9 Å². The summed E-state index contributed by atoms with van der Waals surface area (Å²) in [5.41, 5.74) is 3.97. The Morgan fingerprint density at radius 2 is 1.79 bits per heavy atom. The minimum atomic E-state index is -0.177. The maximum absolute atomic E-state index is 13.4. The molecule has 1 unspecified atom stereocenters. The second-order valence-corrected chi connectivity index (χ2v) is 6.64. The lowest BCUT2D eigenvalue weighted by Crippen LogP contribution is -2.35. The van der Waals surface area contributed by atoms with Gasteiger partial charge in [-0.05, 0) is 68.1 Å². The third kappa shape index (κ3) is 3.88. The predicted octanol–water partition coefficient (Wildman–Crippen LogP) is 4.27. The van der Waals surface area contributed by atoms with Gasteiger partial charge in [-0.2, -0.15) is 0 Å². The monoisotopic (exact) mass is 328 g/mol. The van der Waals surface area contributed by atoms with E-state index < -0.39 is 0 Å². The topological polar surface area (TPSA) is 35.5 Å². The molecule has 0 saturated carbocycles. The van der Waals surface area contributed by atoms with Gasteiger partial charge in [0.15, 0.2) is 0 Å². The number of aryl methyl sites for hydroxylation is 1. The minimum absolute atomic E-state index is 0.145. The summed E-state index contributed by atoms with van der Waals surface area (Å²) < 4.78 is 13.4. The van der Waals surface area contributed by atoms with Gasteiger partial charge in [-0.1, -0.05) is 12.1 Å². The summed E-state index contributed by atoms with van der Waals surface area (Å²) in [7, 11) is 0. The summed E-state index contributed by atoms with van der Waals surface area (Å²) in [6, 6.07) is 13.8. The molecule has 0 aliphatic carbocycles. The molecule has 128 valence electrons. The fraction of sp³-hybridized carbons (Fsp3) is 0.400. The molecular weight excluding hydrogens is 303 g/mol. The fourth-order valence-electron chi connectivity index (χ4n) is 3.17. The molecule has 0 aromatic heterocycles. The van der Waals surface area contributed by atoms with Crippen LogP contribution in [0.4, 0.5) is 15.8 Å². The van der Waals surface area contributed by atoms with Crippen LogP contribution in [-0.2, 0) is 0 Å². The van der Waals surface area contributed by atoms with Gasteiger partial charge in [0, 0.05) is 30.5 Å². The zero-order chi connectivity index (χ0) is 17.1. The maximum atomic E-state index is 13.4. The number of aliphatic hydroxyl groups excluding tert-OH is 1.